The number of nitrogens with one attached hydrogen (secondary N) is 1. The van der Waals surface area contributed by atoms with Crippen LogP contribution in [0.25, 0.3) is 22.0 Å². The Hall–Kier alpha value is -3.42. The maximum Gasteiger partial charge on any atom is 0.416 e. The van der Waals surface area contributed by atoms with E-state index in [-0.39, 0.29) is 6.54 Å². The van der Waals surface area contributed by atoms with Crippen LogP contribution in [0.15, 0.2) is 53.3 Å². The quantitative estimate of drug-likeness (QED) is 0.490. The Balaban J connectivity index is 1.67. The van der Waals surface area contributed by atoms with E-state index in [2.05, 4.69) is 20.4 Å². The average Bonchev–Trinajstić information content (AvgIpc) is 3.03. The van der Waals surface area contributed by atoms with E-state index in [1.807, 2.05) is 32.0 Å². The first-order chi connectivity index (χ1) is 13.8. The topological polar surface area (TPSA) is 63.8 Å². The molecule has 5 nitrogen and oxygen atoms in total. The Kier molecular flexibility index (Phi) is 4.70. The van der Waals surface area contributed by atoms with Crippen molar-refractivity contribution >= 4 is 16.7 Å². The van der Waals surface area contributed by atoms with E-state index in [0.29, 0.717) is 17.1 Å². The third-order valence-electron chi connectivity index (χ3n) is 4.67. The van der Waals surface area contributed by atoms with Crippen molar-refractivity contribution in [2.75, 3.05) is 5.32 Å². The minimum absolute atomic E-state index is 0.200. The Morgan fingerprint density at radius 2 is 1.86 bits per heavy atom. The Labute approximate surface area is 164 Å². The highest BCUT2D eigenvalue weighted by molar-refractivity contribution is 5.92. The molecule has 148 valence electrons. The second-order valence-corrected chi connectivity index (χ2v) is 6.71. The van der Waals surface area contributed by atoms with Gasteiger partial charge in [0.05, 0.1) is 16.8 Å². The van der Waals surface area contributed by atoms with Gasteiger partial charge < -0.3 is 9.84 Å². The summed E-state index contributed by atoms with van der Waals surface area (Å²) in [6, 6.07) is 10.9. The summed E-state index contributed by atoms with van der Waals surface area (Å²) in [5, 5.41) is 7.87. The number of alkyl halides is 3. The molecule has 8 heteroatoms. The zero-order valence-electron chi connectivity index (χ0n) is 15.7. The van der Waals surface area contributed by atoms with E-state index in [0.717, 1.165) is 39.9 Å². The molecule has 2 aromatic carbocycles. The third-order valence-corrected chi connectivity index (χ3v) is 4.67. The molecule has 0 aliphatic rings. The Morgan fingerprint density at radius 3 is 2.59 bits per heavy atom. The van der Waals surface area contributed by atoms with Gasteiger partial charge in [-0.25, -0.2) is 9.97 Å². The van der Waals surface area contributed by atoms with Crippen LogP contribution in [0.3, 0.4) is 0 Å². The fourth-order valence-electron chi connectivity index (χ4n) is 3.29. The van der Waals surface area contributed by atoms with Gasteiger partial charge in [-0.2, -0.15) is 13.2 Å². The lowest BCUT2D eigenvalue weighted by molar-refractivity contribution is -0.137. The molecule has 4 aromatic rings. The summed E-state index contributed by atoms with van der Waals surface area (Å²) in [4.78, 5) is 8.55. The highest BCUT2D eigenvalue weighted by Gasteiger charge is 2.30. The molecule has 2 heterocycles. The number of benzene rings is 2. The summed E-state index contributed by atoms with van der Waals surface area (Å²) >= 11 is 0. The van der Waals surface area contributed by atoms with Gasteiger partial charge in [0.1, 0.15) is 17.9 Å². The first-order valence-corrected chi connectivity index (χ1v) is 8.91. The van der Waals surface area contributed by atoms with E-state index >= 15 is 0 Å². The average molecular weight is 398 g/mol. The van der Waals surface area contributed by atoms with Crippen molar-refractivity contribution in [1.29, 1.82) is 0 Å². The lowest BCUT2D eigenvalue weighted by Gasteiger charge is -2.11. The minimum atomic E-state index is -4.37. The minimum Gasteiger partial charge on any atom is -0.365 e. The molecule has 0 spiro atoms. The van der Waals surface area contributed by atoms with Crippen LogP contribution in [-0.2, 0) is 12.7 Å². The molecule has 0 unspecified atom stereocenters. The van der Waals surface area contributed by atoms with E-state index in [9.17, 15) is 13.2 Å². The van der Waals surface area contributed by atoms with Crippen LogP contribution in [0, 0.1) is 13.8 Å². The molecular formula is C21H17F3N4O. The van der Waals surface area contributed by atoms with E-state index in [4.69, 9.17) is 4.52 Å². The number of hydrogen-bond donors (Lipinski definition) is 1. The lowest BCUT2D eigenvalue weighted by Crippen LogP contribution is -2.07. The van der Waals surface area contributed by atoms with Gasteiger partial charge in [-0.1, -0.05) is 23.4 Å². The van der Waals surface area contributed by atoms with Crippen LogP contribution in [0.5, 0.6) is 0 Å². The Morgan fingerprint density at radius 1 is 1.03 bits per heavy atom. The second kappa shape index (κ2) is 7.20. The predicted molar refractivity (Wildman–Crippen MR) is 103 cm³/mol. The van der Waals surface area contributed by atoms with Gasteiger partial charge in [-0.15, -0.1) is 0 Å². The maximum atomic E-state index is 12.9. The smallest absolute Gasteiger partial charge is 0.365 e. The predicted octanol–water partition coefficient (Wildman–Crippen LogP) is 5.53. The van der Waals surface area contributed by atoms with Crippen LogP contribution in [-0.4, -0.2) is 15.1 Å². The SMILES string of the molecule is Cc1noc(C)c1-c1ccc2ncnc(NCc3cccc(C(F)(F)F)c3)c2c1. The summed E-state index contributed by atoms with van der Waals surface area (Å²) in [6.45, 7) is 3.91. The van der Waals surface area contributed by atoms with Crippen molar-refractivity contribution in [1.82, 2.24) is 15.1 Å². The van der Waals surface area contributed by atoms with Crippen molar-refractivity contribution in [3.05, 3.63) is 71.4 Å². The third kappa shape index (κ3) is 3.78. The highest BCUT2D eigenvalue weighted by Crippen LogP contribution is 2.32. The number of halogens is 3. The molecule has 0 aliphatic carbocycles. The fraction of sp³-hybridized carbons (Fsp3) is 0.190. The molecule has 0 fully saturated rings. The summed E-state index contributed by atoms with van der Waals surface area (Å²) < 4.78 is 44.0. The molecule has 0 amide bonds. The van der Waals surface area contributed by atoms with E-state index < -0.39 is 11.7 Å². The van der Waals surface area contributed by atoms with Gasteiger partial charge in [-0.3, -0.25) is 0 Å². The molecule has 0 radical (unpaired) electrons. The van der Waals surface area contributed by atoms with Crippen molar-refractivity contribution in [2.24, 2.45) is 0 Å². The molecule has 0 saturated carbocycles. The van der Waals surface area contributed by atoms with Gasteiger partial charge in [0.25, 0.3) is 0 Å². The molecular weight excluding hydrogens is 381 g/mol. The first kappa shape index (κ1) is 18.9. The maximum absolute atomic E-state index is 12.9. The summed E-state index contributed by atoms with van der Waals surface area (Å²) in [7, 11) is 0. The molecule has 1 N–H and O–H groups in total. The standard InChI is InChI=1S/C21H17F3N4O/c1-12-19(13(2)29-28-12)15-6-7-18-17(9-15)20(27-11-26-18)25-10-14-4-3-5-16(8-14)21(22,23)24/h3-9,11H,10H2,1-2H3,(H,25,26,27). The monoisotopic (exact) mass is 398 g/mol. The van der Waals surface area contributed by atoms with Crippen LogP contribution >= 0.6 is 0 Å². The van der Waals surface area contributed by atoms with Gasteiger partial charge in [0.2, 0.25) is 0 Å². The number of rotatable bonds is 4. The number of aromatic nitrogens is 3. The van der Waals surface area contributed by atoms with Crippen LogP contribution < -0.4 is 5.32 Å². The first-order valence-electron chi connectivity index (χ1n) is 8.91. The largest absolute Gasteiger partial charge is 0.416 e. The molecule has 29 heavy (non-hydrogen) atoms. The van der Waals surface area contributed by atoms with Gasteiger partial charge >= 0.3 is 6.18 Å². The normalized spacial score (nSPS) is 11.8. The van der Waals surface area contributed by atoms with Gasteiger partial charge in [0, 0.05) is 17.5 Å². The van der Waals surface area contributed by atoms with Crippen molar-refractivity contribution in [3.63, 3.8) is 0 Å². The molecule has 0 atom stereocenters. The summed E-state index contributed by atoms with van der Waals surface area (Å²) in [5.74, 6) is 1.25. The molecule has 0 bridgehead atoms. The number of aryl methyl sites for hydroxylation is 2. The Bertz CT molecular complexity index is 1160. The lowest BCUT2D eigenvalue weighted by atomic mass is 10.0. The van der Waals surface area contributed by atoms with Crippen molar-refractivity contribution < 1.29 is 17.7 Å². The zero-order valence-corrected chi connectivity index (χ0v) is 15.7. The fourth-order valence-corrected chi connectivity index (χ4v) is 3.29. The van der Waals surface area contributed by atoms with Crippen molar-refractivity contribution in [2.45, 2.75) is 26.6 Å². The van der Waals surface area contributed by atoms with Crippen molar-refractivity contribution in [3.8, 4) is 11.1 Å². The summed E-state index contributed by atoms with van der Waals surface area (Å²) in [6.07, 6.45) is -2.95. The van der Waals surface area contributed by atoms with Crippen LogP contribution in [0.1, 0.15) is 22.6 Å². The number of anilines is 1. The zero-order chi connectivity index (χ0) is 20.6. The second-order valence-electron chi connectivity index (χ2n) is 6.71. The number of hydrogen-bond acceptors (Lipinski definition) is 5. The van der Waals surface area contributed by atoms with Crippen LogP contribution in [0.2, 0.25) is 0 Å². The highest BCUT2D eigenvalue weighted by atomic mass is 19.4. The molecule has 2 aromatic heterocycles. The van der Waals surface area contributed by atoms with Crippen LogP contribution in [0.4, 0.5) is 19.0 Å². The van der Waals surface area contributed by atoms with E-state index in [1.54, 1.807) is 6.07 Å². The van der Waals surface area contributed by atoms with Gasteiger partial charge in [0.15, 0.2) is 0 Å². The summed E-state index contributed by atoms with van der Waals surface area (Å²) in [5.41, 5.74) is 3.14. The molecule has 4 rings (SSSR count). The molecule has 0 saturated heterocycles. The van der Waals surface area contributed by atoms with E-state index in [1.165, 1.54) is 12.4 Å². The number of nitrogens with zero attached hydrogens (tertiary/aromatic N) is 3. The molecule has 0 aliphatic heterocycles. The van der Waals surface area contributed by atoms with Gasteiger partial charge in [-0.05, 0) is 49.2 Å². The number of fused-ring (bicyclic) bond motifs is 1.